The van der Waals surface area contributed by atoms with Crippen LogP contribution in [0.5, 0.6) is 0 Å². The van der Waals surface area contributed by atoms with Crippen LogP contribution < -0.4 is 4.90 Å². The third kappa shape index (κ3) is 3.83. The van der Waals surface area contributed by atoms with Crippen molar-refractivity contribution in [2.75, 3.05) is 44.3 Å². The molecule has 0 spiro atoms. The van der Waals surface area contributed by atoms with E-state index in [1.165, 1.54) is 38.1 Å². The number of nitrogens with one attached hydrogen (secondary N) is 1. The molecule has 1 fully saturated rings. The summed E-state index contributed by atoms with van der Waals surface area (Å²) in [6.07, 6.45) is 7.77. The highest BCUT2D eigenvalue weighted by Gasteiger charge is 2.27. The molecule has 2 aliphatic rings. The number of H-pyrrole nitrogens is 1. The number of rotatable bonds is 5. The van der Waals surface area contributed by atoms with E-state index < -0.39 is 10.0 Å². The fraction of sp³-hybridized carbons (Fsp3) is 0.375. The van der Waals surface area contributed by atoms with Crippen LogP contribution in [0.4, 0.5) is 5.82 Å². The van der Waals surface area contributed by atoms with Gasteiger partial charge in [-0.15, -0.1) is 0 Å². The Kier molecular flexibility index (Phi) is 5.75. The number of pyridine rings is 1. The molecular weight excluding hydrogens is 424 g/mol. The van der Waals surface area contributed by atoms with Crippen molar-refractivity contribution >= 4 is 32.3 Å². The van der Waals surface area contributed by atoms with Gasteiger partial charge in [0.1, 0.15) is 10.7 Å². The van der Waals surface area contributed by atoms with Gasteiger partial charge in [0.25, 0.3) is 0 Å². The van der Waals surface area contributed by atoms with E-state index in [0.717, 1.165) is 31.7 Å². The minimum absolute atomic E-state index is 0.238. The molecule has 0 unspecified atom stereocenters. The summed E-state index contributed by atoms with van der Waals surface area (Å²) in [4.78, 5) is 10.4. The van der Waals surface area contributed by atoms with E-state index in [0.29, 0.717) is 26.3 Å². The van der Waals surface area contributed by atoms with Crippen molar-refractivity contribution in [1.29, 1.82) is 0 Å². The van der Waals surface area contributed by atoms with Gasteiger partial charge in [-0.25, -0.2) is 13.4 Å². The summed E-state index contributed by atoms with van der Waals surface area (Å²) < 4.78 is 32.3. The van der Waals surface area contributed by atoms with Crippen molar-refractivity contribution in [3.63, 3.8) is 0 Å². The van der Waals surface area contributed by atoms with Gasteiger partial charge in [0.05, 0.1) is 13.2 Å². The molecule has 168 valence electrons. The van der Waals surface area contributed by atoms with E-state index in [2.05, 4.69) is 52.3 Å². The Morgan fingerprint density at radius 1 is 1.12 bits per heavy atom. The highest BCUT2D eigenvalue weighted by molar-refractivity contribution is 7.89. The number of para-hydroxylation sites is 1. The van der Waals surface area contributed by atoms with E-state index in [1.54, 1.807) is 6.07 Å². The number of ether oxygens (including phenoxy) is 1. The van der Waals surface area contributed by atoms with Gasteiger partial charge in [-0.2, -0.15) is 4.31 Å². The molecule has 1 N–H and O–H groups in total. The molecule has 1 aromatic carbocycles. The van der Waals surface area contributed by atoms with Gasteiger partial charge in [-0.3, -0.25) is 0 Å². The number of fused-ring (bicyclic) bond motifs is 1. The smallest absolute Gasteiger partial charge is 0.244 e. The Hall–Kier alpha value is -2.68. The molecule has 0 bridgehead atoms. The molecule has 7 nitrogen and oxygen atoms in total. The topological polar surface area (TPSA) is 78.5 Å². The molecule has 4 heterocycles. The first kappa shape index (κ1) is 21.2. The Labute approximate surface area is 188 Å². The first-order valence-electron chi connectivity index (χ1n) is 11.1. The van der Waals surface area contributed by atoms with Crippen LogP contribution in [0.3, 0.4) is 0 Å². The predicted molar refractivity (Wildman–Crippen MR) is 126 cm³/mol. The molecule has 0 saturated carbocycles. The number of sulfonamides is 1. The second-order valence-corrected chi connectivity index (χ2v) is 10.1. The number of aryl methyl sites for hydroxylation is 1. The molecule has 32 heavy (non-hydrogen) atoms. The fourth-order valence-corrected chi connectivity index (χ4v) is 5.90. The number of benzene rings is 1. The molecule has 1 saturated heterocycles. The molecule has 0 radical (unpaired) electrons. The molecule has 5 rings (SSSR count). The molecule has 2 aliphatic heterocycles. The van der Waals surface area contributed by atoms with Crippen molar-refractivity contribution < 1.29 is 13.2 Å². The van der Waals surface area contributed by atoms with E-state index in [1.807, 2.05) is 6.07 Å². The second-order valence-electron chi connectivity index (χ2n) is 8.19. The summed E-state index contributed by atoms with van der Waals surface area (Å²) in [6, 6.07) is 9.96. The van der Waals surface area contributed by atoms with Gasteiger partial charge in [-0.05, 0) is 36.1 Å². The Morgan fingerprint density at radius 2 is 1.97 bits per heavy atom. The zero-order valence-electron chi connectivity index (χ0n) is 18.3. The van der Waals surface area contributed by atoms with Gasteiger partial charge in [0.2, 0.25) is 10.0 Å². The summed E-state index contributed by atoms with van der Waals surface area (Å²) in [5.74, 6) is 0.799. The third-order valence-corrected chi connectivity index (χ3v) is 8.27. The summed E-state index contributed by atoms with van der Waals surface area (Å²) in [5, 5.41) is 1.28. The van der Waals surface area contributed by atoms with Crippen LogP contribution in [0.2, 0.25) is 0 Å². The zero-order valence-corrected chi connectivity index (χ0v) is 19.1. The van der Waals surface area contributed by atoms with E-state index in [4.69, 9.17) is 4.74 Å². The lowest BCUT2D eigenvalue weighted by Gasteiger charge is -2.28. The first-order valence-corrected chi connectivity index (χ1v) is 12.6. The molecule has 0 atom stereocenters. The third-order valence-electron chi connectivity index (χ3n) is 6.39. The molecule has 2 aromatic heterocycles. The van der Waals surface area contributed by atoms with Crippen molar-refractivity contribution in [3.8, 4) is 0 Å². The standard InChI is InChI=1S/C24H28N4O3S/c1-2-18-4-3-5-21-22(17-26-24(18)21)19-8-10-27(11-9-19)23-7-6-20(16-25-23)32(29,30)28-12-14-31-15-13-28/h3-8,16-17,26H,2,9-15H2,1H3. The lowest BCUT2D eigenvalue weighted by molar-refractivity contribution is 0.0730. The van der Waals surface area contributed by atoms with Gasteiger partial charge in [0.15, 0.2) is 0 Å². The van der Waals surface area contributed by atoms with Crippen LogP contribution in [-0.2, 0) is 21.2 Å². The first-order chi connectivity index (χ1) is 15.6. The quantitative estimate of drug-likeness (QED) is 0.642. The average molecular weight is 453 g/mol. The van der Waals surface area contributed by atoms with Crippen LogP contribution in [0, 0.1) is 0 Å². The Balaban J connectivity index is 1.32. The van der Waals surface area contributed by atoms with Gasteiger partial charge < -0.3 is 14.6 Å². The maximum atomic E-state index is 12.8. The Morgan fingerprint density at radius 3 is 2.66 bits per heavy atom. The fourth-order valence-electron chi connectivity index (χ4n) is 4.55. The van der Waals surface area contributed by atoms with E-state index in [9.17, 15) is 8.42 Å². The average Bonchev–Trinajstić information content (AvgIpc) is 3.29. The monoisotopic (exact) mass is 452 g/mol. The van der Waals surface area contributed by atoms with Crippen LogP contribution in [-0.4, -0.2) is 62.1 Å². The summed E-state index contributed by atoms with van der Waals surface area (Å²) in [7, 11) is -3.52. The maximum absolute atomic E-state index is 12.8. The van der Waals surface area contributed by atoms with Crippen molar-refractivity contribution in [2.45, 2.75) is 24.7 Å². The lowest BCUT2D eigenvalue weighted by Crippen LogP contribution is -2.40. The normalized spacial score (nSPS) is 18.2. The molecule has 0 aliphatic carbocycles. The highest BCUT2D eigenvalue weighted by Crippen LogP contribution is 2.32. The number of aromatic amines is 1. The van der Waals surface area contributed by atoms with Crippen molar-refractivity contribution in [1.82, 2.24) is 14.3 Å². The number of hydrogen-bond donors (Lipinski definition) is 1. The highest BCUT2D eigenvalue weighted by atomic mass is 32.2. The maximum Gasteiger partial charge on any atom is 0.244 e. The van der Waals surface area contributed by atoms with Crippen LogP contribution in [0.1, 0.15) is 24.5 Å². The zero-order chi connectivity index (χ0) is 22.1. The van der Waals surface area contributed by atoms with Crippen LogP contribution in [0.15, 0.2) is 53.7 Å². The SMILES string of the molecule is CCc1cccc2c(C3=CCN(c4ccc(S(=O)(=O)N5CCOCC5)cn4)CC3)c[nH]c12. The second kappa shape index (κ2) is 8.69. The minimum atomic E-state index is -3.52. The number of morpholine rings is 1. The summed E-state index contributed by atoms with van der Waals surface area (Å²) >= 11 is 0. The Bertz CT molecular complexity index is 1240. The van der Waals surface area contributed by atoms with Crippen molar-refractivity contribution in [3.05, 3.63) is 59.9 Å². The molecule has 8 heteroatoms. The number of aromatic nitrogens is 2. The van der Waals surface area contributed by atoms with E-state index in [-0.39, 0.29) is 4.90 Å². The van der Waals surface area contributed by atoms with Gasteiger partial charge in [0, 0.05) is 55.0 Å². The summed E-state index contributed by atoms with van der Waals surface area (Å²) in [6.45, 7) is 5.41. The van der Waals surface area contributed by atoms with Gasteiger partial charge in [-0.1, -0.05) is 31.2 Å². The number of hydrogen-bond acceptors (Lipinski definition) is 5. The number of nitrogens with zero attached hydrogens (tertiary/aromatic N) is 3. The summed E-state index contributed by atoms with van der Waals surface area (Å²) in [5.41, 5.74) is 5.18. The van der Waals surface area contributed by atoms with Gasteiger partial charge >= 0.3 is 0 Å². The van der Waals surface area contributed by atoms with Crippen LogP contribution >= 0.6 is 0 Å². The minimum Gasteiger partial charge on any atom is -0.379 e. The van der Waals surface area contributed by atoms with Crippen LogP contribution in [0.25, 0.3) is 16.5 Å². The molecular formula is C24H28N4O3S. The predicted octanol–water partition coefficient (Wildman–Crippen LogP) is 3.44. The lowest BCUT2D eigenvalue weighted by atomic mass is 9.97. The van der Waals surface area contributed by atoms with E-state index >= 15 is 0 Å². The largest absolute Gasteiger partial charge is 0.379 e. The molecule has 3 aromatic rings. The number of anilines is 1. The molecule has 0 amide bonds. The van der Waals surface area contributed by atoms with Crippen molar-refractivity contribution in [2.24, 2.45) is 0 Å².